The van der Waals surface area contributed by atoms with Crippen LogP contribution in [0, 0.1) is 13.8 Å². The van der Waals surface area contributed by atoms with Crippen LogP contribution in [0.25, 0.3) is 0 Å². The highest BCUT2D eigenvalue weighted by Crippen LogP contribution is 2.27. The summed E-state index contributed by atoms with van der Waals surface area (Å²) in [5.74, 6) is 0. The molecule has 0 amide bonds. The summed E-state index contributed by atoms with van der Waals surface area (Å²) >= 11 is 1.54. The summed E-state index contributed by atoms with van der Waals surface area (Å²) in [5.41, 5.74) is 8.07. The van der Waals surface area contributed by atoms with Gasteiger partial charge in [0.1, 0.15) is 4.90 Å². The smallest absolute Gasteiger partial charge is 0.243 e. The molecule has 0 fully saturated rings. The van der Waals surface area contributed by atoms with E-state index in [1.54, 1.807) is 23.5 Å². The van der Waals surface area contributed by atoms with E-state index >= 15 is 0 Å². The van der Waals surface area contributed by atoms with Gasteiger partial charge < -0.3 is 5.73 Å². The van der Waals surface area contributed by atoms with Crippen LogP contribution in [0.1, 0.15) is 35.4 Å². The molecule has 1 aromatic heterocycles. The molecule has 0 saturated carbocycles. The van der Waals surface area contributed by atoms with Crippen molar-refractivity contribution in [1.29, 1.82) is 0 Å². The van der Waals surface area contributed by atoms with E-state index in [0.29, 0.717) is 6.42 Å². The van der Waals surface area contributed by atoms with Gasteiger partial charge in [0, 0.05) is 4.88 Å². The normalized spacial score (nSPS) is 13.3. The maximum Gasteiger partial charge on any atom is 0.243 e. The molecule has 0 saturated heterocycles. The molecule has 0 aliphatic carbocycles. The van der Waals surface area contributed by atoms with Crippen molar-refractivity contribution in [3.8, 4) is 0 Å². The van der Waals surface area contributed by atoms with Crippen LogP contribution >= 0.6 is 11.3 Å². The summed E-state index contributed by atoms with van der Waals surface area (Å²) in [6.07, 6.45) is 0.685. The quantitative estimate of drug-likeness (QED) is 0.828. The molecule has 0 radical (unpaired) electrons. The average molecular weight is 324 g/mol. The van der Waals surface area contributed by atoms with Crippen molar-refractivity contribution in [3.63, 3.8) is 0 Å². The first-order valence-electron chi connectivity index (χ1n) is 6.77. The Kier molecular flexibility index (Phi) is 4.70. The fraction of sp³-hybridized carbons (Fsp3) is 0.333. The molecule has 4 nitrogen and oxygen atoms in total. The first-order valence-corrected chi connectivity index (χ1v) is 9.14. The minimum atomic E-state index is -3.64. The van der Waals surface area contributed by atoms with Gasteiger partial charge in [-0.05, 0) is 55.0 Å². The van der Waals surface area contributed by atoms with Crippen LogP contribution in [0.4, 0.5) is 5.69 Å². The Morgan fingerprint density at radius 1 is 1.29 bits per heavy atom. The van der Waals surface area contributed by atoms with Crippen LogP contribution in [0.5, 0.6) is 0 Å². The van der Waals surface area contributed by atoms with Crippen molar-refractivity contribution in [1.82, 2.24) is 4.72 Å². The van der Waals surface area contributed by atoms with Crippen molar-refractivity contribution >= 4 is 27.0 Å². The van der Waals surface area contributed by atoms with Crippen molar-refractivity contribution in [3.05, 3.63) is 45.6 Å². The first-order chi connectivity index (χ1) is 9.85. The van der Waals surface area contributed by atoms with E-state index in [9.17, 15) is 8.42 Å². The fourth-order valence-corrected chi connectivity index (χ4v) is 4.56. The van der Waals surface area contributed by atoms with E-state index in [0.717, 1.165) is 16.0 Å². The first kappa shape index (κ1) is 16.0. The average Bonchev–Trinajstić information content (AvgIpc) is 2.94. The third-order valence-corrected chi connectivity index (χ3v) is 6.02. The van der Waals surface area contributed by atoms with E-state index in [2.05, 4.69) is 4.72 Å². The zero-order valence-corrected chi connectivity index (χ0v) is 14.0. The lowest BCUT2D eigenvalue weighted by molar-refractivity contribution is 0.553. The van der Waals surface area contributed by atoms with Crippen LogP contribution in [0.15, 0.2) is 34.5 Å². The Bertz CT molecular complexity index is 722. The van der Waals surface area contributed by atoms with E-state index in [4.69, 9.17) is 5.73 Å². The summed E-state index contributed by atoms with van der Waals surface area (Å²) in [4.78, 5) is 1.16. The largest absolute Gasteiger partial charge is 0.398 e. The summed E-state index contributed by atoms with van der Waals surface area (Å²) in [6, 6.07) is 6.97. The van der Waals surface area contributed by atoms with E-state index < -0.39 is 10.0 Å². The minimum absolute atomic E-state index is 0.153. The minimum Gasteiger partial charge on any atom is -0.398 e. The molecule has 0 aliphatic rings. The molecule has 21 heavy (non-hydrogen) atoms. The topological polar surface area (TPSA) is 72.2 Å². The van der Waals surface area contributed by atoms with Gasteiger partial charge in [-0.25, -0.2) is 13.1 Å². The van der Waals surface area contributed by atoms with Crippen LogP contribution < -0.4 is 10.5 Å². The zero-order valence-electron chi connectivity index (χ0n) is 12.4. The van der Waals surface area contributed by atoms with Crippen LogP contribution in [0.3, 0.4) is 0 Å². The highest BCUT2D eigenvalue weighted by Gasteiger charge is 2.23. The second-order valence-electron chi connectivity index (χ2n) is 5.07. The van der Waals surface area contributed by atoms with Crippen LogP contribution in [0.2, 0.25) is 0 Å². The molecule has 0 spiro atoms. The molecule has 1 atom stereocenters. The monoisotopic (exact) mass is 324 g/mol. The maximum absolute atomic E-state index is 12.6. The molecule has 0 aliphatic heterocycles. The lowest BCUT2D eigenvalue weighted by atomic mass is 10.1. The number of hydrogen-bond donors (Lipinski definition) is 2. The molecule has 1 unspecified atom stereocenters. The van der Waals surface area contributed by atoms with Crippen molar-refractivity contribution in [2.24, 2.45) is 0 Å². The van der Waals surface area contributed by atoms with Gasteiger partial charge in [0.2, 0.25) is 10.0 Å². The lowest BCUT2D eigenvalue weighted by Crippen LogP contribution is -2.28. The van der Waals surface area contributed by atoms with Gasteiger partial charge in [-0.15, -0.1) is 11.3 Å². The lowest BCUT2D eigenvalue weighted by Gasteiger charge is -2.17. The molecule has 2 aromatic rings. The molecular weight excluding hydrogens is 304 g/mol. The number of nitrogen functional groups attached to an aromatic ring is 1. The van der Waals surface area contributed by atoms with Crippen LogP contribution in [-0.2, 0) is 10.0 Å². The van der Waals surface area contributed by atoms with Gasteiger partial charge in [-0.3, -0.25) is 0 Å². The van der Waals surface area contributed by atoms with E-state index in [-0.39, 0.29) is 16.6 Å². The molecular formula is C15H20N2O2S2. The number of aryl methyl sites for hydroxylation is 2. The Morgan fingerprint density at radius 2 is 1.95 bits per heavy atom. The standard InChI is InChI=1S/C15H20N2O2S2/c1-4-13(14-6-5-7-20-14)17-21(18,19)15-9-11(3)10(2)8-12(15)16/h5-9,13,17H,4,16H2,1-3H3. The van der Waals surface area contributed by atoms with Crippen molar-refractivity contribution < 1.29 is 8.42 Å². The number of nitrogens with two attached hydrogens (primary N) is 1. The molecule has 6 heteroatoms. The van der Waals surface area contributed by atoms with Gasteiger partial charge in [0.15, 0.2) is 0 Å². The van der Waals surface area contributed by atoms with Gasteiger partial charge in [0.25, 0.3) is 0 Å². The highest BCUT2D eigenvalue weighted by atomic mass is 32.2. The Morgan fingerprint density at radius 3 is 2.52 bits per heavy atom. The second kappa shape index (κ2) is 6.17. The van der Waals surface area contributed by atoms with E-state index in [1.807, 2.05) is 38.3 Å². The third-order valence-electron chi connectivity index (χ3n) is 3.51. The van der Waals surface area contributed by atoms with Gasteiger partial charge in [-0.2, -0.15) is 0 Å². The third kappa shape index (κ3) is 3.45. The second-order valence-corrected chi connectivity index (χ2v) is 7.73. The number of hydrogen-bond acceptors (Lipinski definition) is 4. The summed E-state index contributed by atoms with van der Waals surface area (Å²) in [5, 5.41) is 1.94. The Hall–Kier alpha value is -1.37. The van der Waals surface area contributed by atoms with E-state index in [1.165, 1.54) is 0 Å². The number of rotatable bonds is 5. The van der Waals surface area contributed by atoms with Crippen molar-refractivity contribution in [2.45, 2.75) is 38.1 Å². The fourth-order valence-electron chi connectivity index (χ4n) is 2.13. The predicted molar refractivity (Wildman–Crippen MR) is 88.0 cm³/mol. The summed E-state index contributed by atoms with van der Waals surface area (Å²) in [6.45, 7) is 5.75. The molecule has 1 aromatic carbocycles. The van der Waals surface area contributed by atoms with Gasteiger partial charge in [0.05, 0.1) is 11.7 Å². The zero-order chi connectivity index (χ0) is 15.6. The number of nitrogens with one attached hydrogen (secondary N) is 1. The SMILES string of the molecule is CCC(NS(=O)(=O)c1cc(C)c(C)cc1N)c1cccs1. The Balaban J connectivity index is 2.36. The molecule has 0 bridgehead atoms. The maximum atomic E-state index is 12.6. The number of sulfonamides is 1. The van der Waals surface area contributed by atoms with Crippen LogP contribution in [-0.4, -0.2) is 8.42 Å². The highest BCUT2D eigenvalue weighted by molar-refractivity contribution is 7.89. The predicted octanol–water partition coefficient (Wildman–Crippen LogP) is 3.38. The van der Waals surface area contributed by atoms with Crippen molar-refractivity contribution in [2.75, 3.05) is 5.73 Å². The number of anilines is 1. The number of benzene rings is 1. The Labute approximate surface area is 130 Å². The summed E-state index contributed by atoms with van der Waals surface area (Å²) in [7, 11) is -3.64. The van der Waals surface area contributed by atoms with Gasteiger partial charge in [-0.1, -0.05) is 13.0 Å². The number of thiophene rings is 1. The van der Waals surface area contributed by atoms with Gasteiger partial charge >= 0.3 is 0 Å². The molecule has 3 N–H and O–H groups in total. The molecule has 2 rings (SSSR count). The molecule has 1 heterocycles. The molecule has 114 valence electrons. The summed E-state index contributed by atoms with van der Waals surface area (Å²) < 4.78 is 27.9.